The number of fused-ring (bicyclic) bond motifs is 1. The van der Waals surface area contributed by atoms with Crippen molar-refractivity contribution in [3.05, 3.63) is 36.5 Å². The van der Waals surface area contributed by atoms with Gasteiger partial charge >= 0.3 is 6.03 Å². The number of anilines is 1. The van der Waals surface area contributed by atoms with Gasteiger partial charge in [-0.15, -0.1) is 0 Å². The van der Waals surface area contributed by atoms with Crippen molar-refractivity contribution in [2.24, 2.45) is 0 Å². The second-order valence-electron chi connectivity index (χ2n) is 7.97. The highest BCUT2D eigenvalue weighted by molar-refractivity contribution is 5.74. The fraction of sp³-hybridized carbons (Fsp3) is 0.500. The molecular weight excluding hydrogens is 414 g/mol. The standard InChI is InChI=1S/C22H27N5O5/c1-29-18-5-3-2-4-14(18)15-6-7-23-21(24-15)25-16-12-31-20-17(13-32-19(16)20)26-22(28)27-8-10-30-11-9-27/h2-7,16-17,19-20H,8-13H2,1H3,(H,26,28)(H,23,24,25)/t16-,17-,19+,20+/m0/s1. The summed E-state index contributed by atoms with van der Waals surface area (Å²) in [7, 11) is 1.64. The van der Waals surface area contributed by atoms with Crippen LogP contribution in [0, 0.1) is 0 Å². The number of rotatable bonds is 5. The number of carbonyl (C=O) groups is 1. The van der Waals surface area contributed by atoms with Gasteiger partial charge in [0.15, 0.2) is 0 Å². The number of carbonyl (C=O) groups excluding carboxylic acids is 1. The molecule has 2 aromatic rings. The van der Waals surface area contributed by atoms with Crippen LogP contribution in [0.3, 0.4) is 0 Å². The first-order chi connectivity index (χ1) is 15.7. The van der Waals surface area contributed by atoms with Gasteiger partial charge in [-0.1, -0.05) is 12.1 Å². The van der Waals surface area contributed by atoms with Crippen LogP contribution in [0.4, 0.5) is 10.7 Å². The first-order valence-electron chi connectivity index (χ1n) is 10.8. The number of methoxy groups -OCH3 is 1. The lowest BCUT2D eigenvalue weighted by Gasteiger charge is -2.29. The van der Waals surface area contributed by atoms with Gasteiger partial charge in [0.1, 0.15) is 18.0 Å². The molecule has 0 radical (unpaired) electrons. The predicted molar refractivity (Wildman–Crippen MR) is 116 cm³/mol. The smallest absolute Gasteiger partial charge is 0.317 e. The molecule has 10 heteroatoms. The lowest BCUT2D eigenvalue weighted by molar-refractivity contribution is 0.0485. The number of aromatic nitrogens is 2. The van der Waals surface area contributed by atoms with E-state index in [-0.39, 0.29) is 30.3 Å². The third kappa shape index (κ3) is 4.21. The Morgan fingerprint density at radius 1 is 1.09 bits per heavy atom. The number of hydrogen-bond donors (Lipinski definition) is 2. The largest absolute Gasteiger partial charge is 0.496 e. The zero-order chi connectivity index (χ0) is 21.9. The van der Waals surface area contributed by atoms with E-state index < -0.39 is 0 Å². The first-order valence-corrected chi connectivity index (χ1v) is 10.8. The van der Waals surface area contributed by atoms with Crippen LogP contribution in [0.2, 0.25) is 0 Å². The number of hydrogen-bond acceptors (Lipinski definition) is 8. The molecule has 3 aliphatic heterocycles. The van der Waals surface area contributed by atoms with Crippen molar-refractivity contribution >= 4 is 12.0 Å². The summed E-state index contributed by atoms with van der Waals surface area (Å²) >= 11 is 0. The Hall–Kier alpha value is -2.95. The summed E-state index contributed by atoms with van der Waals surface area (Å²) in [6.07, 6.45) is 1.31. The SMILES string of the molecule is COc1ccccc1-c1ccnc(N[C@H]2CO[C@H]3[C@@H]2OC[C@@H]3NC(=O)N2CCOCC2)n1. The normalized spacial score (nSPS) is 27.1. The molecule has 0 bridgehead atoms. The number of benzene rings is 1. The molecule has 170 valence electrons. The van der Waals surface area contributed by atoms with Gasteiger partial charge < -0.3 is 34.5 Å². The highest BCUT2D eigenvalue weighted by atomic mass is 16.6. The Balaban J connectivity index is 1.23. The van der Waals surface area contributed by atoms with Gasteiger partial charge in [0.2, 0.25) is 5.95 Å². The average Bonchev–Trinajstić information content (AvgIpc) is 3.43. The van der Waals surface area contributed by atoms with Crippen molar-refractivity contribution < 1.29 is 23.7 Å². The molecule has 2 amide bonds. The summed E-state index contributed by atoms with van der Waals surface area (Å²) < 4.78 is 22.7. The van der Waals surface area contributed by atoms with Crippen LogP contribution >= 0.6 is 0 Å². The van der Waals surface area contributed by atoms with Crippen LogP contribution in [0.25, 0.3) is 11.3 Å². The molecule has 4 heterocycles. The van der Waals surface area contributed by atoms with Crippen molar-refractivity contribution in [2.75, 3.05) is 51.9 Å². The van der Waals surface area contributed by atoms with Gasteiger partial charge in [-0.05, 0) is 18.2 Å². The molecule has 0 saturated carbocycles. The zero-order valence-electron chi connectivity index (χ0n) is 17.9. The molecule has 3 fully saturated rings. The molecule has 10 nitrogen and oxygen atoms in total. The van der Waals surface area contributed by atoms with Crippen LogP contribution in [-0.2, 0) is 14.2 Å². The molecule has 0 unspecified atom stereocenters. The Kier molecular flexibility index (Phi) is 6.06. The Bertz CT molecular complexity index is 954. The number of amides is 2. The van der Waals surface area contributed by atoms with Crippen molar-refractivity contribution in [2.45, 2.75) is 24.3 Å². The summed E-state index contributed by atoms with van der Waals surface area (Å²) in [4.78, 5) is 23.3. The van der Waals surface area contributed by atoms with E-state index in [1.165, 1.54) is 0 Å². The average molecular weight is 441 g/mol. The maximum absolute atomic E-state index is 12.5. The summed E-state index contributed by atoms with van der Waals surface area (Å²) in [5.74, 6) is 1.24. The zero-order valence-corrected chi connectivity index (χ0v) is 17.9. The maximum atomic E-state index is 12.5. The van der Waals surface area contributed by atoms with E-state index in [2.05, 4.69) is 20.6 Å². The Morgan fingerprint density at radius 2 is 1.84 bits per heavy atom. The summed E-state index contributed by atoms with van der Waals surface area (Å²) in [6, 6.07) is 9.17. The van der Waals surface area contributed by atoms with E-state index in [4.69, 9.17) is 18.9 Å². The quantitative estimate of drug-likeness (QED) is 0.712. The molecule has 2 N–H and O–H groups in total. The van der Waals surface area contributed by atoms with Crippen molar-refractivity contribution in [3.63, 3.8) is 0 Å². The topological polar surface area (TPSA) is 107 Å². The fourth-order valence-electron chi connectivity index (χ4n) is 4.36. The van der Waals surface area contributed by atoms with Gasteiger partial charge in [0, 0.05) is 24.8 Å². The lowest BCUT2D eigenvalue weighted by atomic mass is 10.1. The first kappa shape index (κ1) is 20.9. The second-order valence-corrected chi connectivity index (χ2v) is 7.97. The third-order valence-corrected chi connectivity index (χ3v) is 6.01. The van der Waals surface area contributed by atoms with Crippen LogP contribution in [0.1, 0.15) is 0 Å². The summed E-state index contributed by atoms with van der Waals surface area (Å²) in [6.45, 7) is 3.18. The second kappa shape index (κ2) is 9.27. The minimum Gasteiger partial charge on any atom is -0.496 e. The molecule has 3 aliphatic rings. The number of para-hydroxylation sites is 1. The van der Waals surface area contributed by atoms with E-state index in [1.807, 2.05) is 30.3 Å². The van der Waals surface area contributed by atoms with Crippen molar-refractivity contribution in [1.29, 1.82) is 0 Å². The van der Waals surface area contributed by atoms with Crippen LogP contribution in [-0.4, -0.2) is 91.8 Å². The number of morpholine rings is 1. The number of nitrogens with zero attached hydrogens (tertiary/aromatic N) is 3. The predicted octanol–water partition coefficient (Wildman–Crippen LogP) is 1.14. The van der Waals surface area contributed by atoms with Gasteiger partial charge in [0.25, 0.3) is 0 Å². The molecular formula is C22H27N5O5. The molecule has 3 saturated heterocycles. The molecule has 1 aromatic carbocycles. The highest BCUT2D eigenvalue weighted by Gasteiger charge is 2.48. The van der Waals surface area contributed by atoms with Crippen LogP contribution in [0.15, 0.2) is 36.5 Å². The molecule has 5 rings (SSSR count). The monoisotopic (exact) mass is 441 g/mol. The summed E-state index contributed by atoms with van der Waals surface area (Å²) in [5.41, 5.74) is 1.66. The van der Waals surface area contributed by atoms with Gasteiger partial charge in [-0.25, -0.2) is 14.8 Å². The molecule has 0 spiro atoms. The molecule has 4 atom stereocenters. The molecule has 32 heavy (non-hydrogen) atoms. The maximum Gasteiger partial charge on any atom is 0.317 e. The van der Waals surface area contributed by atoms with Gasteiger partial charge in [-0.2, -0.15) is 0 Å². The third-order valence-electron chi connectivity index (χ3n) is 6.01. The van der Waals surface area contributed by atoms with E-state index in [1.54, 1.807) is 18.2 Å². The van der Waals surface area contributed by atoms with E-state index in [0.29, 0.717) is 45.5 Å². The minimum absolute atomic E-state index is 0.101. The van der Waals surface area contributed by atoms with Gasteiger partial charge in [-0.3, -0.25) is 0 Å². The number of nitrogens with one attached hydrogen (secondary N) is 2. The highest BCUT2D eigenvalue weighted by Crippen LogP contribution is 2.31. The Labute approximate surface area is 186 Å². The van der Waals surface area contributed by atoms with Crippen LogP contribution < -0.4 is 15.4 Å². The van der Waals surface area contributed by atoms with E-state index >= 15 is 0 Å². The summed E-state index contributed by atoms with van der Waals surface area (Å²) in [5, 5.41) is 6.40. The Morgan fingerprint density at radius 3 is 2.66 bits per heavy atom. The minimum atomic E-state index is -0.213. The van der Waals surface area contributed by atoms with Gasteiger partial charge in [0.05, 0.1) is 51.3 Å². The molecule has 1 aromatic heterocycles. The number of urea groups is 1. The van der Waals surface area contributed by atoms with Crippen molar-refractivity contribution in [3.8, 4) is 17.0 Å². The fourth-order valence-corrected chi connectivity index (χ4v) is 4.36. The van der Waals surface area contributed by atoms with E-state index in [9.17, 15) is 4.79 Å². The number of ether oxygens (including phenoxy) is 4. The van der Waals surface area contributed by atoms with E-state index in [0.717, 1.165) is 17.0 Å². The van der Waals surface area contributed by atoms with Crippen molar-refractivity contribution in [1.82, 2.24) is 20.2 Å². The van der Waals surface area contributed by atoms with Crippen LogP contribution in [0.5, 0.6) is 5.75 Å². The molecule has 0 aliphatic carbocycles. The lowest BCUT2D eigenvalue weighted by Crippen LogP contribution is -2.52.